The van der Waals surface area contributed by atoms with Gasteiger partial charge in [-0.1, -0.05) is 0 Å². The minimum Gasteiger partial charge on any atom is -0.372 e. The van der Waals surface area contributed by atoms with E-state index in [-0.39, 0.29) is 24.7 Å². The Labute approximate surface area is 194 Å². The number of amides is 2. The molecule has 8 heteroatoms. The highest BCUT2D eigenvalue weighted by Gasteiger charge is 2.22. The monoisotopic (exact) mass is 451 g/mol. The van der Waals surface area contributed by atoms with E-state index >= 15 is 0 Å². The topological polar surface area (TPSA) is 93.6 Å². The number of aryl methyl sites for hydroxylation is 3. The summed E-state index contributed by atoms with van der Waals surface area (Å²) in [7, 11) is 0. The molecule has 1 aromatic heterocycles. The summed E-state index contributed by atoms with van der Waals surface area (Å²) in [5.74, 6) is -0.995. The van der Waals surface area contributed by atoms with Gasteiger partial charge in [-0.3, -0.25) is 18.7 Å². The molecule has 8 nitrogen and oxygen atoms in total. The molecule has 176 valence electrons. The zero-order valence-electron chi connectivity index (χ0n) is 20.1. The van der Waals surface area contributed by atoms with Crippen LogP contribution in [0.1, 0.15) is 31.9 Å². The van der Waals surface area contributed by atoms with Crippen molar-refractivity contribution in [2.24, 2.45) is 5.73 Å². The first-order valence-corrected chi connectivity index (χ1v) is 11.4. The Morgan fingerprint density at radius 1 is 0.879 bits per heavy atom. The van der Waals surface area contributed by atoms with Crippen LogP contribution >= 0.6 is 0 Å². The summed E-state index contributed by atoms with van der Waals surface area (Å²) in [6, 6.07) is 11.4. The van der Waals surface area contributed by atoms with Crippen molar-refractivity contribution in [1.29, 1.82) is 0 Å². The third-order valence-electron chi connectivity index (χ3n) is 6.15. The summed E-state index contributed by atoms with van der Waals surface area (Å²) in [6.45, 7) is 11.8. The lowest BCUT2D eigenvalue weighted by molar-refractivity contribution is -0.122. The molecule has 0 bridgehead atoms. The number of imidazole rings is 1. The fourth-order valence-corrected chi connectivity index (χ4v) is 4.16. The van der Waals surface area contributed by atoms with E-state index in [1.807, 2.05) is 45.0 Å². The van der Waals surface area contributed by atoms with Crippen molar-refractivity contribution in [3.05, 3.63) is 58.0 Å². The number of hydrogen-bond acceptors (Lipinski definition) is 4. The van der Waals surface area contributed by atoms with Crippen LogP contribution in [0.3, 0.4) is 0 Å². The summed E-state index contributed by atoms with van der Waals surface area (Å²) >= 11 is 0. The minimum atomic E-state index is -0.619. The molecule has 0 radical (unpaired) electrons. The van der Waals surface area contributed by atoms with Crippen molar-refractivity contribution in [2.75, 3.05) is 29.4 Å². The van der Waals surface area contributed by atoms with E-state index in [1.165, 1.54) is 9.47 Å². The molecule has 1 heterocycles. The fraction of sp³-hybridized carbons (Fsp3) is 0.400. The Balaban J connectivity index is 2.00. The van der Waals surface area contributed by atoms with Crippen molar-refractivity contribution < 1.29 is 9.59 Å². The highest BCUT2D eigenvalue weighted by molar-refractivity contribution is 5.99. The van der Waals surface area contributed by atoms with E-state index in [2.05, 4.69) is 18.7 Å². The minimum absolute atomic E-state index is 0.185. The molecule has 0 aliphatic rings. The second kappa shape index (κ2) is 9.94. The maximum Gasteiger partial charge on any atom is 0.329 e. The zero-order valence-corrected chi connectivity index (χ0v) is 20.1. The average molecular weight is 452 g/mol. The van der Waals surface area contributed by atoms with E-state index in [1.54, 1.807) is 16.7 Å². The lowest BCUT2D eigenvalue weighted by atomic mass is 10.1. The van der Waals surface area contributed by atoms with Crippen LogP contribution in [-0.4, -0.2) is 40.6 Å². The molecular formula is C25H33N5O3. The van der Waals surface area contributed by atoms with Gasteiger partial charge >= 0.3 is 5.69 Å². The van der Waals surface area contributed by atoms with Crippen LogP contribution < -0.4 is 21.2 Å². The standard InChI is InChI=1S/C25H33N5O3/c1-6-27(7-2)19-9-11-20(12-10-19)29(15-23(26)31)24(32)16-30-22-14-18(5)17(4)13-21(22)28(8-3)25(30)33/h9-14H,6-8,15-16H2,1-5H3,(H2,26,31). The summed E-state index contributed by atoms with van der Waals surface area (Å²) < 4.78 is 3.14. The maximum absolute atomic E-state index is 13.4. The molecule has 0 aliphatic heterocycles. The lowest BCUT2D eigenvalue weighted by Gasteiger charge is -2.24. The smallest absolute Gasteiger partial charge is 0.329 e. The van der Waals surface area contributed by atoms with Gasteiger partial charge in [-0.15, -0.1) is 0 Å². The van der Waals surface area contributed by atoms with Crippen molar-refractivity contribution in [1.82, 2.24) is 9.13 Å². The number of rotatable bonds is 9. The number of benzene rings is 2. The third kappa shape index (κ3) is 4.79. The second-order valence-corrected chi connectivity index (χ2v) is 8.17. The molecule has 0 aliphatic carbocycles. The average Bonchev–Trinajstić information content (AvgIpc) is 3.03. The molecule has 3 rings (SSSR count). The highest BCUT2D eigenvalue weighted by Crippen LogP contribution is 2.23. The molecule has 0 saturated heterocycles. The molecule has 0 saturated carbocycles. The summed E-state index contributed by atoms with van der Waals surface area (Å²) in [6.07, 6.45) is 0. The second-order valence-electron chi connectivity index (χ2n) is 8.17. The first-order chi connectivity index (χ1) is 15.7. The van der Waals surface area contributed by atoms with Gasteiger partial charge in [0.1, 0.15) is 13.1 Å². The number of fused-ring (bicyclic) bond motifs is 1. The lowest BCUT2D eigenvalue weighted by Crippen LogP contribution is -2.41. The predicted octanol–water partition coefficient (Wildman–Crippen LogP) is 2.80. The number of hydrogen-bond donors (Lipinski definition) is 1. The number of carbonyl (C=O) groups excluding carboxylic acids is 2. The predicted molar refractivity (Wildman–Crippen MR) is 133 cm³/mol. The molecule has 0 unspecified atom stereocenters. The van der Waals surface area contributed by atoms with E-state index < -0.39 is 5.91 Å². The Morgan fingerprint density at radius 2 is 1.39 bits per heavy atom. The van der Waals surface area contributed by atoms with Crippen LogP contribution in [-0.2, 0) is 22.7 Å². The van der Waals surface area contributed by atoms with E-state index in [9.17, 15) is 14.4 Å². The Kier molecular flexibility index (Phi) is 7.26. The first kappa shape index (κ1) is 24.1. The number of anilines is 2. The normalized spacial score (nSPS) is 11.1. The van der Waals surface area contributed by atoms with E-state index in [0.717, 1.165) is 35.4 Å². The Morgan fingerprint density at radius 3 is 1.88 bits per heavy atom. The quantitative estimate of drug-likeness (QED) is 0.541. The molecule has 0 atom stereocenters. The van der Waals surface area contributed by atoms with Crippen molar-refractivity contribution >= 4 is 34.2 Å². The van der Waals surface area contributed by atoms with Crippen molar-refractivity contribution in [2.45, 2.75) is 47.7 Å². The molecular weight excluding hydrogens is 418 g/mol. The zero-order chi connectivity index (χ0) is 24.3. The summed E-state index contributed by atoms with van der Waals surface area (Å²) in [5, 5.41) is 0. The van der Waals surface area contributed by atoms with Crippen molar-refractivity contribution in [3.8, 4) is 0 Å². The molecule has 2 aromatic carbocycles. The number of aromatic nitrogens is 2. The maximum atomic E-state index is 13.4. The van der Waals surface area contributed by atoms with Gasteiger partial charge in [0, 0.05) is 31.0 Å². The van der Waals surface area contributed by atoms with Gasteiger partial charge in [0.2, 0.25) is 11.8 Å². The van der Waals surface area contributed by atoms with Crippen LogP contribution in [0.25, 0.3) is 11.0 Å². The summed E-state index contributed by atoms with van der Waals surface area (Å²) in [4.78, 5) is 41.8. The SMILES string of the molecule is CCN(CC)c1ccc(N(CC(N)=O)C(=O)Cn2c(=O)n(CC)c3cc(C)c(C)cc32)cc1. The van der Waals surface area contributed by atoms with Crippen molar-refractivity contribution in [3.63, 3.8) is 0 Å². The van der Waals surface area contributed by atoms with Gasteiger partial charge in [-0.25, -0.2) is 4.79 Å². The van der Waals surface area contributed by atoms with Crippen LogP contribution in [0.5, 0.6) is 0 Å². The molecule has 2 N–H and O–H groups in total. The molecule has 3 aromatic rings. The molecule has 2 amide bonds. The van der Waals surface area contributed by atoms with Crippen LogP contribution in [0.15, 0.2) is 41.2 Å². The third-order valence-corrected chi connectivity index (χ3v) is 6.15. The highest BCUT2D eigenvalue weighted by atomic mass is 16.2. The van der Waals surface area contributed by atoms with E-state index in [0.29, 0.717) is 17.7 Å². The first-order valence-electron chi connectivity index (χ1n) is 11.4. The van der Waals surface area contributed by atoms with Gasteiger partial charge in [0.25, 0.3) is 0 Å². The van der Waals surface area contributed by atoms with Crippen LogP contribution in [0.4, 0.5) is 11.4 Å². The van der Waals surface area contributed by atoms with Gasteiger partial charge in [-0.2, -0.15) is 0 Å². The van der Waals surface area contributed by atoms with Crippen LogP contribution in [0.2, 0.25) is 0 Å². The van der Waals surface area contributed by atoms with Crippen LogP contribution in [0, 0.1) is 13.8 Å². The number of nitrogens with two attached hydrogens (primary N) is 1. The summed E-state index contributed by atoms with van der Waals surface area (Å²) in [5.41, 5.74) is 10.4. The number of primary amides is 1. The Hall–Kier alpha value is -3.55. The molecule has 0 spiro atoms. The number of nitrogens with zero attached hydrogens (tertiary/aromatic N) is 4. The van der Waals surface area contributed by atoms with Gasteiger partial charge in [0.05, 0.1) is 11.0 Å². The molecule has 0 fully saturated rings. The largest absolute Gasteiger partial charge is 0.372 e. The van der Waals surface area contributed by atoms with Gasteiger partial charge < -0.3 is 15.5 Å². The van der Waals surface area contributed by atoms with E-state index in [4.69, 9.17) is 5.73 Å². The Bertz CT molecular complexity index is 1220. The fourth-order valence-electron chi connectivity index (χ4n) is 4.16. The molecule has 33 heavy (non-hydrogen) atoms. The van der Waals surface area contributed by atoms with Gasteiger partial charge in [-0.05, 0) is 82.1 Å². The number of carbonyl (C=O) groups is 2. The van der Waals surface area contributed by atoms with Gasteiger partial charge in [0.15, 0.2) is 0 Å².